The SMILES string of the molecule is COc1cc2ccc1Oc1cc(ccc1O)CC[C@@H](O)[C@@H](O)CCC2. The van der Waals surface area contributed by atoms with Gasteiger partial charge in [0.2, 0.25) is 0 Å². The van der Waals surface area contributed by atoms with Gasteiger partial charge in [0.05, 0.1) is 19.3 Å². The van der Waals surface area contributed by atoms with Crippen molar-refractivity contribution in [3.63, 3.8) is 0 Å². The van der Waals surface area contributed by atoms with E-state index in [1.54, 1.807) is 25.3 Å². The number of methoxy groups -OCH3 is 1. The third kappa shape index (κ3) is 4.24. The van der Waals surface area contributed by atoms with E-state index in [0.717, 1.165) is 24.0 Å². The average molecular weight is 344 g/mol. The predicted molar refractivity (Wildman–Crippen MR) is 94.4 cm³/mol. The van der Waals surface area contributed by atoms with E-state index >= 15 is 0 Å². The van der Waals surface area contributed by atoms with Gasteiger partial charge in [0.15, 0.2) is 23.0 Å². The molecule has 0 saturated heterocycles. The molecule has 3 N–H and O–H groups in total. The van der Waals surface area contributed by atoms with Crippen molar-refractivity contribution in [2.24, 2.45) is 0 Å². The van der Waals surface area contributed by atoms with Crippen LogP contribution in [0.3, 0.4) is 0 Å². The molecule has 5 heteroatoms. The zero-order chi connectivity index (χ0) is 17.8. The van der Waals surface area contributed by atoms with Crippen molar-refractivity contribution in [2.45, 2.75) is 44.3 Å². The van der Waals surface area contributed by atoms with Crippen LogP contribution < -0.4 is 9.47 Å². The molecule has 2 aromatic carbocycles. The molecule has 0 aliphatic carbocycles. The summed E-state index contributed by atoms with van der Waals surface area (Å²) >= 11 is 0. The molecule has 0 unspecified atom stereocenters. The Bertz CT molecular complexity index is 728. The Balaban J connectivity index is 1.97. The molecule has 0 aromatic heterocycles. The van der Waals surface area contributed by atoms with Crippen molar-refractivity contribution in [2.75, 3.05) is 7.11 Å². The minimum atomic E-state index is -0.764. The zero-order valence-electron chi connectivity index (χ0n) is 14.3. The van der Waals surface area contributed by atoms with Crippen LogP contribution in [-0.2, 0) is 12.8 Å². The summed E-state index contributed by atoms with van der Waals surface area (Å²) < 4.78 is 11.3. The molecule has 4 rings (SSSR count). The van der Waals surface area contributed by atoms with E-state index in [1.165, 1.54) is 0 Å². The van der Waals surface area contributed by atoms with E-state index in [0.29, 0.717) is 36.5 Å². The third-order valence-electron chi connectivity index (χ3n) is 4.61. The standard InChI is InChI=1S/C20H24O5/c1-24-20-12-13-3-2-4-15(21)16(22)8-5-14-6-9-17(23)19(11-14)25-18(20)10-7-13/h6-7,9-12,15-16,21-23H,2-5,8H2,1H3/t15-,16+/m0/s1. The molecule has 0 radical (unpaired) electrons. The molecule has 2 atom stereocenters. The molecule has 25 heavy (non-hydrogen) atoms. The molecular formula is C20H24O5. The van der Waals surface area contributed by atoms with Crippen molar-refractivity contribution >= 4 is 0 Å². The van der Waals surface area contributed by atoms with Crippen LogP contribution >= 0.6 is 0 Å². The smallest absolute Gasteiger partial charge is 0.169 e. The fourth-order valence-corrected chi connectivity index (χ4v) is 3.08. The maximum Gasteiger partial charge on any atom is 0.169 e. The van der Waals surface area contributed by atoms with Gasteiger partial charge in [-0.3, -0.25) is 0 Å². The minimum absolute atomic E-state index is 0.0415. The molecule has 5 nitrogen and oxygen atoms in total. The van der Waals surface area contributed by atoms with Gasteiger partial charge in [-0.05, 0) is 67.5 Å². The molecule has 2 heterocycles. The Labute approximate surface area is 147 Å². The number of aryl methyl sites for hydroxylation is 2. The summed E-state index contributed by atoms with van der Waals surface area (Å²) in [5.41, 5.74) is 1.99. The second-order valence-electron chi connectivity index (χ2n) is 6.45. The third-order valence-corrected chi connectivity index (χ3v) is 4.61. The van der Waals surface area contributed by atoms with Crippen molar-refractivity contribution in [3.05, 3.63) is 47.5 Å². The van der Waals surface area contributed by atoms with Crippen molar-refractivity contribution in [1.29, 1.82) is 0 Å². The lowest BCUT2D eigenvalue weighted by molar-refractivity contribution is 0.00915. The molecule has 0 spiro atoms. The van der Waals surface area contributed by atoms with E-state index < -0.39 is 12.2 Å². The van der Waals surface area contributed by atoms with Crippen LogP contribution in [0.15, 0.2) is 36.4 Å². The number of hydrogen-bond acceptors (Lipinski definition) is 5. The minimum Gasteiger partial charge on any atom is -0.504 e. The molecule has 0 fully saturated rings. The number of phenols is 1. The summed E-state index contributed by atoms with van der Waals surface area (Å²) in [7, 11) is 1.58. The van der Waals surface area contributed by atoms with Crippen LogP contribution in [0.1, 0.15) is 30.4 Å². The van der Waals surface area contributed by atoms with E-state index in [9.17, 15) is 15.3 Å². The van der Waals surface area contributed by atoms with Crippen LogP contribution in [-0.4, -0.2) is 34.6 Å². The Hall–Kier alpha value is -2.24. The molecule has 2 aromatic rings. The second kappa shape index (κ2) is 7.76. The van der Waals surface area contributed by atoms with Crippen LogP contribution in [0.5, 0.6) is 23.0 Å². The summed E-state index contributed by atoms with van der Waals surface area (Å²) in [6.45, 7) is 0. The van der Waals surface area contributed by atoms with Gasteiger partial charge < -0.3 is 24.8 Å². The predicted octanol–water partition coefficient (Wildman–Crippen LogP) is 3.18. The lowest BCUT2D eigenvalue weighted by Gasteiger charge is -2.17. The number of fused-ring (bicyclic) bond motifs is 8. The summed E-state index contributed by atoms with van der Waals surface area (Å²) in [6.07, 6.45) is 1.64. The number of rotatable bonds is 1. The van der Waals surface area contributed by atoms with Gasteiger partial charge >= 0.3 is 0 Å². The number of phenolic OH excluding ortho intramolecular Hbond substituents is 1. The highest BCUT2D eigenvalue weighted by Crippen LogP contribution is 2.37. The molecule has 2 aliphatic rings. The molecule has 2 aliphatic heterocycles. The highest BCUT2D eigenvalue weighted by molar-refractivity contribution is 5.49. The van der Waals surface area contributed by atoms with Gasteiger partial charge in [-0.15, -0.1) is 0 Å². The molecule has 0 amide bonds. The number of aromatic hydroxyl groups is 1. The molecule has 4 bridgehead atoms. The quantitative estimate of drug-likeness (QED) is 0.740. The monoisotopic (exact) mass is 344 g/mol. The van der Waals surface area contributed by atoms with Gasteiger partial charge in [0.1, 0.15) is 0 Å². The maximum absolute atomic E-state index is 10.2. The molecule has 134 valence electrons. The number of hydrogen-bond donors (Lipinski definition) is 3. The zero-order valence-corrected chi connectivity index (χ0v) is 14.3. The Morgan fingerprint density at radius 1 is 0.920 bits per heavy atom. The van der Waals surface area contributed by atoms with E-state index in [2.05, 4.69) is 0 Å². The van der Waals surface area contributed by atoms with Crippen molar-refractivity contribution in [3.8, 4) is 23.0 Å². The molecular weight excluding hydrogens is 320 g/mol. The highest BCUT2D eigenvalue weighted by atomic mass is 16.5. The topological polar surface area (TPSA) is 79.2 Å². The van der Waals surface area contributed by atoms with Gasteiger partial charge in [0.25, 0.3) is 0 Å². The van der Waals surface area contributed by atoms with Gasteiger partial charge in [-0.25, -0.2) is 0 Å². The lowest BCUT2D eigenvalue weighted by Crippen LogP contribution is -2.26. The normalized spacial score (nSPS) is 21.1. The maximum atomic E-state index is 10.2. The fraction of sp³-hybridized carbons (Fsp3) is 0.400. The van der Waals surface area contributed by atoms with E-state index in [-0.39, 0.29) is 5.75 Å². The average Bonchev–Trinajstić information content (AvgIpc) is 2.62. The largest absolute Gasteiger partial charge is 0.504 e. The number of aliphatic hydroxyl groups is 2. The van der Waals surface area contributed by atoms with E-state index in [1.807, 2.05) is 18.2 Å². The van der Waals surface area contributed by atoms with Gasteiger partial charge in [0, 0.05) is 0 Å². The summed E-state index contributed by atoms with van der Waals surface area (Å²) in [4.78, 5) is 0. The first-order valence-electron chi connectivity index (χ1n) is 8.59. The summed E-state index contributed by atoms with van der Waals surface area (Å²) in [5, 5.41) is 30.4. The van der Waals surface area contributed by atoms with Crippen LogP contribution in [0, 0.1) is 0 Å². The summed E-state index contributed by atoms with van der Waals surface area (Å²) in [5.74, 6) is 1.51. The van der Waals surface area contributed by atoms with Gasteiger partial charge in [-0.1, -0.05) is 12.1 Å². The van der Waals surface area contributed by atoms with Gasteiger partial charge in [-0.2, -0.15) is 0 Å². The van der Waals surface area contributed by atoms with E-state index in [4.69, 9.17) is 9.47 Å². The van der Waals surface area contributed by atoms with Crippen LogP contribution in [0.2, 0.25) is 0 Å². The fourth-order valence-electron chi connectivity index (χ4n) is 3.08. The first kappa shape index (κ1) is 17.6. The van der Waals surface area contributed by atoms with Crippen LogP contribution in [0.4, 0.5) is 0 Å². The molecule has 0 saturated carbocycles. The number of benzene rings is 2. The van der Waals surface area contributed by atoms with Crippen LogP contribution in [0.25, 0.3) is 0 Å². The Morgan fingerprint density at radius 3 is 2.44 bits per heavy atom. The summed E-state index contributed by atoms with van der Waals surface area (Å²) in [6, 6.07) is 10.8. The van der Waals surface area contributed by atoms with Crippen molar-refractivity contribution in [1.82, 2.24) is 0 Å². The highest BCUT2D eigenvalue weighted by Gasteiger charge is 2.18. The second-order valence-corrected chi connectivity index (χ2v) is 6.45. The Kier molecular flexibility index (Phi) is 5.46. The first-order chi connectivity index (χ1) is 12.1. The lowest BCUT2D eigenvalue weighted by atomic mass is 9.99. The Morgan fingerprint density at radius 2 is 1.64 bits per heavy atom. The number of aliphatic hydroxyl groups excluding tert-OH is 2. The number of ether oxygens (including phenoxy) is 2. The first-order valence-corrected chi connectivity index (χ1v) is 8.59. The van der Waals surface area contributed by atoms with Crippen molar-refractivity contribution < 1.29 is 24.8 Å².